The summed E-state index contributed by atoms with van der Waals surface area (Å²) < 4.78 is 0. The second kappa shape index (κ2) is 6.15. The number of nitrogens with one attached hydrogen (secondary N) is 1. The lowest BCUT2D eigenvalue weighted by Gasteiger charge is -2.23. The highest BCUT2D eigenvalue weighted by molar-refractivity contribution is 6.13. The summed E-state index contributed by atoms with van der Waals surface area (Å²) in [5.74, 6) is 1.12. The van der Waals surface area contributed by atoms with Crippen molar-refractivity contribution in [1.29, 1.82) is 0 Å². The zero-order valence-corrected chi connectivity index (χ0v) is 14.9. The third-order valence-electron chi connectivity index (χ3n) is 4.52. The molecule has 0 radical (unpaired) electrons. The Bertz CT molecular complexity index is 987. The van der Waals surface area contributed by atoms with E-state index in [9.17, 15) is 4.79 Å². The van der Waals surface area contributed by atoms with Crippen molar-refractivity contribution in [2.45, 2.75) is 6.92 Å². The summed E-state index contributed by atoms with van der Waals surface area (Å²) in [5, 5.41) is 3.23. The van der Waals surface area contributed by atoms with Crippen molar-refractivity contribution in [2.24, 2.45) is 0 Å². The quantitative estimate of drug-likeness (QED) is 0.763. The molecule has 1 aliphatic heterocycles. The molecule has 0 unspecified atom stereocenters. The van der Waals surface area contributed by atoms with Crippen LogP contribution >= 0.6 is 0 Å². The zero-order valence-electron chi connectivity index (χ0n) is 14.9. The molecule has 6 nitrogen and oxygen atoms in total. The number of hydrogen-bond acceptors (Lipinski definition) is 5. The van der Waals surface area contributed by atoms with Crippen LogP contribution in [0, 0.1) is 6.92 Å². The first-order valence-corrected chi connectivity index (χ1v) is 8.38. The highest BCUT2D eigenvalue weighted by Crippen LogP contribution is 2.39. The maximum Gasteiger partial charge on any atom is 0.260 e. The Labute approximate surface area is 152 Å². The van der Waals surface area contributed by atoms with Crippen LogP contribution in [0.1, 0.15) is 16.1 Å². The van der Waals surface area contributed by atoms with Crippen molar-refractivity contribution in [2.75, 3.05) is 29.2 Å². The predicted octanol–water partition coefficient (Wildman–Crippen LogP) is 3.89. The van der Waals surface area contributed by atoms with Crippen LogP contribution in [-0.2, 0) is 0 Å². The van der Waals surface area contributed by atoms with Crippen LogP contribution in [0.15, 0.2) is 54.6 Å². The van der Waals surface area contributed by atoms with E-state index in [0.29, 0.717) is 23.0 Å². The molecule has 1 aliphatic rings. The molecule has 0 bridgehead atoms. The Morgan fingerprint density at radius 1 is 0.885 bits per heavy atom. The maximum atomic E-state index is 12.9. The maximum absolute atomic E-state index is 12.9. The minimum absolute atomic E-state index is 0.0679. The van der Waals surface area contributed by atoms with Gasteiger partial charge in [-0.25, -0.2) is 4.98 Å². The number of aromatic nitrogens is 2. The molecule has 0 aliphatic carbocycles. The van der Waals surface area contributed by atoms with Crippen molar-refractivity contribution in [3.8, 4) is 0 Å². The number of para-hydroxylation sites is 2. The normalized spacial score (nSPS) is 13.1. The van der Waals surface area contributed by atoms with Gasteiger partial charge in [-0.05, 0) is 31.2 Å². The van der Waals surface area contributed by atoms with E-state index in [-0.39, 0.29) is 5.91 Å². The summed E-state index contributed by atoms with van der Waals surface area (Å²) in [4.78, 5) is 25.7. The molecule has 0 atom stereocenters. The molecule has 1 N–H and O–H groups in total. The van der Waals surface area contributed by atoms with Crippen molar-refractivity contribution in [3.63, 3.8) is 0 Å². The first-order valence-electron chi connectivity index (χ1n) is 8.38. The summed E-state index contributed by atoms with van der Waals surface area (Å²) in [6, 6.07) is 17.3. The van der Waals surface area contributed by atoms with E-state index in [0.717, 1.165) is 17.1 Å². The van der Waals surface area contributed by atoms with Gasteiger partial charge in [0.25, 0.3) is 5.91 Å². The standard InChI is InChI=1S/C20H19N5O/c1-13-17-18(23-20(21-13)22-14-9-5-4-6-10-14)24(2)16-12-8-7-11-15(16)19(26)25(17)3/h4-12H,1-3H3,(H,21,22,23). The first kappa shape index (κ1) is 16.1. The number of rotatable bonds is 2. The van der Waals surface area contributed by atoms with Crippen LogP contribution in [0.3, 0.4) is 0 Å². The molecule has 0 fully saturated rings. The molecule has 2 aromatic carbocycles. The van der Waals surface area contributed by atoms with Crippen LogP contribution in [0.5, 0.6) is 0 Å². The Morgan fingerprint density at radius 3 is 2.35 bits per heavy atom. The fourth-order valence-corrected chi connectivity index (χ4v) is 3.23. The van der Waals surface area contributed by atoms with Crippen LogP contribution in [-0.4, -0.2) is 30.0 Å². The third-order valence-corrected chi connectivity index (χ3v) is 4.52. The Morgan fingerprint density at radius 2 is 1.58 bits per heavy atom. The molecule has 0 saturated carbocycles. The third kappa shape index (κ3) is 2.56. The van der Waals surface area contributed by atoms with E-state index in [1.54, 1.807) is 11.9 Å². The average molecular weight is 345 g/mol. The summed E-state index contributed by atoms with van der Waals surface area (Å²) in [7, 11) is 3.68. The van der Waals surface area contributed by atoms with Gasteiger partial charge in [-0.3, -0.25) is 4.79 Å². The number of aryl methyl sites for hydroxylation is 1. The van der Waals surface area contributed by atoms with Gasteiger partial charge in [0.15, 0.2) is 5.82 Å². The number of benzene rings is 2. The van der Waals surface area contributed by atoms with Gasteiger partial charge in [0.1, 0.15) is 5.69 Å². The van der Waals surface area contributed by atoms with Crippen LogP contribution < -0.4 is 15.1 Å². The number of anilines is 5. The SMILES string of the molecule is Cc1nc(Nc2ccccc2)nc2c1N(C)C(=O)c1ccccc1N2C. The van der Waals surface area contributed by atoms with Gasteiger partial charge >= 0.3 is 0 Å². The van der Waals surface area contributed by atoms with Gasteiger partial charge in [0, 0.05) is 19.8 Å². The van der Waals surface area contributed by atoms with Crippen LogP contribution in [0.4, 0.5) is 28.8 Å². The largest absolute Gasteiger partial charge is 0.327 e. The lowest BCUT2D eigenvalue weighted by atomic mass is 10.1. The molecule has 3 aromatic rings. The summed E-state index contributed by atoms with van der Waals surface area (Å²) in [6.45, 7) is 1.89. The van der Waals surface area contributed by atoms with E-state index in [4.69, 9.17) is 4.98 Å². The number of fused-ring (bicyclic) bond motifs is 2. The van der Waals surface area contributed by atoms with E-state index < -0.39 is 0 Å². The van der Waals surface area contributed by atoms with Crippen LogP contribution in [0.25, 0.3) is 0 Å². The van der Waals surface area contributed by atoms with Crippen molar-refractivity contribution in [3.05, 3.63) is 65.9 Å². The van der Waals surface area contributed by atoms with Gasteiger partial charge in [-0.15, -0.1) is 0 Å². The van der Waals surface area contributed by atoms with Gasteiger partial charge in [0.2, 0.25) is 5.95 Å². The van der Waals surface area contributed by atoms with Crippen LogP contribution in [0.2, 0.25) is 0 Å². The second-order valence-electron chi connectivity index (χ2n) is 6.24. The van der Waals surface area contributed by atoms with Crippen molar-refractivity contribution >= 4 is 34.7 Å². The molecular weight excluding hydrogens is 326 g/mol. The minimum atomic E-state index is -0.0679. The summed E-state index contributed by atoms with van der Waals surface area (Å²) in [6.07, 6.45) is 0. The topological polar surface area (TPSA) is 61.4 Å². The van der Waals surface area contributed by atoms with Gasteiger partial charge in [0.05, 0.1) is 16.9 Å². The van der Waals surface area contributed by atoms with E-state index in [2.05, 4.69) is 10.3 Å². The minimum Gasteiger partial charge on any atom is -0.327 e. The number of amides is 1. The Hall–Kier alpha value is -3.41. The number of nitrogens with zero attached hydrogens (tertiary/aromatic N) is 4. The Balaban J connectivity index is 1.86. The molecule has 2 heterocycles. The summed E-state index contributed by atoms with van der Waals surface area (Å²) in [5.41, 5.74) is 3.84. The van der Waals surface area contributed by atoms with Gasteiger partial charge in [-0.1, -0.05) is 30.3 Å². The fraction of sp³-hybridized carbons (Fsp3) is 0.150. The monoisotopic (exact) mass is 345 g/mol. The van der Waals surface area contributed by atoms with E-state index >= 15 is 0 Å². The van der Waals surface area contributed by atoms with Gasteiger partial charge in [-0.2, -0.15) is 4.98 Å². The van der Waals surface area contributed by atoms with E-state index in [1.165, 1.54) is 0 Å². The number of carbonyl (C=O) groups excluding carboxylic acids is 1. The number of hydrogen-bond donors (Lipinski definition) is 1. The molecule has 1 amide bonds. The predicted molar refractivity (Wildman–Crippen MR) is 104 cm³/mol. The number of carbonyl (C=O) groups is 1. The smallest absolute Gasteiger partial charge is 0.260 e. The lowest BCUT2D eigenvalue weighted by molar-refractivity contribution is 0.0994. The molecule has 26 heavy (non-hydrogen) atoms. The molecule has 4 rings (SSSR count). The van der Waals surface area contributed by atoms with Crippen molar-refractivity contribution < 1.29 is 4.79 Å². The molecule has 0 spiro atoms. The fourth-order valence-electron chi connectivity index (χ4n) is 3.23. The highest BCUT2D eigenvalue weighted by atomic mass is 16.2. The molecule has 0 saturated heterocycles. The highest BCUT2D eigenvalue weighted by Gasteiger charge is 2.30. The lowest BCUT2D eigenvalue weighted by Crippen LogP contribution is -2.26. The Kier molecular flexibility index (Phi) is 3.80. The summed E-state index contributed by atoms with van der Waals surface area (Å²) >= 11 is 0. The molecule has 6 heteroatoms. The first-order chi connectivity index (χ1) is 12.6. The average Bonchev–Trinajstić information content (AvgIpc) is 2.73. The zero-order chi connectivity index (χ0) is 18.3. The van der Waals surface area contributed by atoms with Crippen molar-refractivity contribution in [1.82, 2.24) is 9.97 Å². The molecule has 130 valence electrons. The molecule has 1 aromatic heterocycles. The second-order valence-corrected chi connectivity index (χ2v) is 6.24. The van der Waals surface area contributed by atoms with Gasteiger partial charge < -0.3 is 15.1 Å². The van der Waals surface area contributed by atoms with E-state index in [1.807, 2.05) is 73.5 Å². The molecular formula is C20H19N5O.